The van der Waals surface area contributed by atoms with Crippen molar-refractivity contribution in [3.05, 3.63) is 0 Å². The molecule has 16 heavy (non-hydrogen) atoms. The number of ether oxygens (including phenoxy) is 2. The van der Waals surface area contributed by atoms with Crippen LogP contribution >= 0.6 is 11.8 Å². The van der Waals surface area contributed by atoms with Gasteiger partial charge in [-0.3, -0.25) is 0 Å². The van der Waals surface area contributed by atoms with Gasteiger partial charge in [-0.2, -0.15) is 0 Å². The van der Waals surface area contributed by atoms with Gasteiger partial charge in [-0.25, -0.2) is 0 Å². The number of hydrogen-bond acceptors (Lipinski definition) is 5. The first kappa shape index (κ1) is 14.3. The molecular weight excluding hydrogens is 228 g/mol. The van der Waals surface area contributed by atoms with Gasteiger partial charge in [0.2, 0.25) is 0 Å². The molecule has 5 heteroatoms. The lowest BCUT2D eigenvalue weighted by Gasteiger charge is -2.13. The van der Waals surface area contributed by atoms with Crippen molar-refractivity contribution in [2.24, 2.45) is 0 Å². The summed E-state index contributed by atoms with van der Waals surface area (Å²) in [4.78, 5) is 0. The van der Waals surface area contributed by atoms with Crippen LogP contribution in [0.3, 0.4) is 0 Å². The van der Waals surface area contributed by atoms with Crippen molar-refractivity contribution in [3.63, 3.8) is 0 Å². The fraction of sp³-hybridized carbons (Fsp3) is 1.00. The monoisotopic (exact) mass is 250 g/mol. The molecule has 0 aliphatic carbocycles. The summed E-state index contributed by atoms with van der Waals surface area (Å²) in [6, 6.07) is 0. The molecule has 1 heterocycles. The molecule has 96 valence electrons. The molecule has 0 aromatic rings. The fourth-order valence-corrected chi connectivity index (χ4v) is 2.83. The molecule has 1 unspecified atom stereocenters. The standard InChI is InChI=1S/C11H22O4S/c1-3-4-5-6-7-16-11-9(13)8(12)10(14-2)15-11/h8-13H,3-7H2,1-2H3/t8-,9-,10-,11?/m0/s1. The average molecular weight is 250 g/mol. The van der Waals surface area contributed by atoms with Gasteiger partial charge >= 0.3 is 0 Å². The topological polar surface area (TPSA) is 58.9 Å². The van der Waals surface area contributed by atoms with Crippen molar-refractivity contribution >= 4 is 11.8 Å². The second-order valence-electron chi connectivity index (χ2n) is 4.02. The fourth-order valence-electron chi connectivity index (χ4n) is 1.68. The first-order valence-corrected chi connectivity index (χ1v) is 6.91. The quantitative estimate of drug-likeness (QED) is 0.668. The van der Waals surface area contributed by atoms with Crippen LogP contribution in [0.5, 0.6) is 0 Å². The molecule has 4 nitrogen and oxygen atoms in total. The van der Waals surface area contributed by atoms with E-state index >= 15 is 0 Å². The smallest absolute Gasteiger partial charge is 0.187 e. The summed E-state index contributed by atoms with van der Waals surface area (Å²) < 4.78 is 10.3. The van der Waals surface area contributed by atoms with Crippen LogP contribution in [0.1, 0.15) is 32.6 Å². The van der Waals surface area contributed by atoms with Crippen molar-refractivity contribution < 1.29 is 19.7 Å². The molecule has 0 aromatic carbocycles. The number of aliphatic hydroxyl groups excluding tert-OH is 2. The van der Waals surface area contributed by atoms with Crippen LogP contribution in [0.25, 0.3) is 0 Å². The molecule has 2 N–H and O–H groups in total. The second-order valence-corrected chi connectivity index (χ2v) is 5.23. The Kier molecular flexibility index (Phi) is 6.68. The largest absolute Gasteiger partial charge is 0.387 e. The first-order chi connectivity index (χ1) is 7.70. The lowest BCUT2D eigenvalue weighted by Crippen LogP contribution is -2.32. The summed E-state index contributed by atoms with van der Waals surface area (Å²) in [5.41, 5.74) is -0.360. The van der Waals surface area contributed by atoms with E-state index < -0.39 is 18.5 Å². The summed E-state index contributed by atoms with van der Waals surface area (Å²) >= 11 is 1.55. The SMILES string of the molecule is CCCCCCSC1O[C@H](OC)[C@@H](O)[C@@H]1O. The summed E-state index contributed by atoms with van der Waals surface area (Å²) in [6.07, 6.45) is 2.33. The van der Waals surface area contributed by atoms with Crippen LogP contribution in [0.4, 0.5) is 0 Å². The zero-order valence-corrected chi connectivity index (χ0v) is 10.8. The minimum Gasteiger partial charge on any atom is -0.387 e. The first-order valence-electron chi connectivity index (χ1n) is 5.86. The van der Waals surface area contributed by atoms with E-state index in [2.05, 4.69) is 6.92 Å². The van der Waals surface area contributed by atoms with Gasteiger partial charge in [0, 0.05) is 7.11 Å². The zero-order valence-electron chi connectivity index (χ0n) is 9.96. The van der Waals surface area contributed by atoms with E-state index in [0.29, 0.717) is 0 Å². The molecule has 1 fully saturated rings. The predicted molar refractivity (Wildman–Crippen MR) is 64.3 cm³/mol. The number of unbranched alkanes of at least 4 members (excludes halogenated alkanes) is 3. The highest BCUT2D eigenvalue weighted by molar-refractivity contribution is 7.99. The third-order valence-electron chi connectivity index (χ3n) is 2.69. The van der Waals surface area contributed by atoms with Gasteiger partial charge < -0.3 is 19.7 Å². The van der Waals surface area contributed by atoms with Gasteiger partial charge in [0.05, 0.1) is 0 Å². The molecule has 0 spiro atoms. The molecule has 0 radical (unpaired) electrons. The van der Waals surface area contributed by atoms with E-state index in [1.54, 1.807) is 11.8 Å². The maximum Gasteiger partial charge on any atom is 0.187 e. The highest BCUT2D eigenvalue weighted by Crippen LogP contribution is 2.30. The molecule has 0 amide bonds. The van der Waals surface area contributed by atoms with Crippen LogP contribution in [-0.4, -0.2) is 47.0 Å². The van der Waals surface area contributed by atoms with Crippen LogP contribution in [0.15, 0.2) is 0 Å². The third kappa shape index (κ3) is 3.89. The molecule has 0 saturated carbocycles. The highest BCUT2D eigenvalue weighted by atomic mass is 32.2. The van der Waals surface area contributed by atoms with Gasteiger partial charge in [-0.1, -0.05) is 26.2 Å². The third-order valence-corrected chi connectivity index (χ3v) is 3.93. The van der Waals surface area contributed by atoms with Gasteiger partial charge in [-0.15, -0.1) is 11.8 Å². The van der Waals surface area contributed by atoms with Crippen molar-refractivity contribution in [2.45, 2.75) is 56.5 Å². The number of aliphatic hydroxyl groups is 2. The maximum atomic E-state index is 9.69. The Morgan fingerprint density at radius 1 is 1.19 bits per heavy atom. The average Bonchev–Trinajstić information content (AvgIpc) is 2.56. The molecular formula is C11H22O4S. The summed E-state index contributed by atoms with van der Waals surface area (Å²) in [6.45, 7) is 2.18. The van der Waals surface area contributed by atoms with E-state index in [1.165, 1.54) is 26.4 Å². The van der Waals surface area contributed by atoms with E-state index in [9.17, 15) is 10.2 Å². The van der Waals surface area contributed by atoms with Gasteiger partial charge in [-0.05, 0) is 12.2 Å². The molecule has 0 aromatic heterocycles. The van der Waals surface area contributed by atoms with Crippen molar-refractivity contribution in [1.29, 1.82) is 0 Å². The van der Waals surface area contributed by atoms with Crippen molar-refractivity contribution in [3.8, 4) is 0 Å². The van der Waals surface area contributed by atoms with Crippen LogP contribution in [0, 0.1) is 0 Å². The van der Waals surface area contributed by atoms with Gasteiger partial charge in [0.15, 0.2) is 6.29 Å². The van der Waals surface area contributed by atoms with Gasteiger partial charge in [0.25, 0.3) is 0 Å². The Labute approximate surface area is 101 Å². The minimum absolute atomic E-state index is 0.360. The molecule has 4 atom stereocenters. The molecule has 1 rings (SSSR count). The Morgan fingerprint density at radius 2 is 1.94 bits per heavy atom. The minimum atomic E-state index is -0.932. The molecule has 1 saturated heterocycles. The van der Waals surface area contributed by atoms with E-state index in [4.69, 9.17) is 9.47 Å². The summed E-state index contributed by atoms with van der Waals surface area (Å²) in [5, 5.41) is 19.2. The Morgan fingerprint density at radius 3 is 2.50 bits per heavy atom. The Hall–Kier alpha value is 0.190. The molecule has 0 bridgehead atoms. The lowest BCUT2D eigenvalue weighted by atomic mass is 10.2. The van der Waals surface area contributed by atoms with Crippen LogP contribution in [-0.2, 0) is 9.47 Å². The van der Waals surface area contributed by atoms with E-state index in [-0.39, 0.29) is 5.44 Å². The van der Waals surface area contributed by atoms with Crippen molar-refractivity contribution in [1.82, 2.24) is 0 Å². The van der Waals surface area contributed by atoms with E-state index in [0.717, 1.165) is 12.2 Å². The van der Waals surface area contributed by atoms with Crippen molar-refractivity contribution in [2.75, 3.05) is 12.9 Å². The highest BCUT2D eigenvalue weighted by Gasteiger charge is 2.42. The molecule has 1 aliphatic rings. The maximum absolute atomic E-state index is 9.69. The number of rotatable bonds is 7. The zero-order chi connectivity index (χ0) is 12.0. The molecule has 1 aliphatic heterocycles. The lowest BCUT2D eigenvalue weighted by molar-refractivity contribution is -0.138. The summed E-state index contributed by atoms with van der Waals surface area (Å²) in [7, 11) is 1.47. The Balaban J connectivity index is 2.17. The van der Waals surface area contributed by atoms with Crippen LogP contribution in [0.2, 0.25) is 0 Å². The predicted octanol–water partition coefficient (Wildman–Crippen LogP) is 1.35. The van der Waals surface area contributed by atoms with Crippen LogP contribution < -0.4 is 0 Å². The van der Waals surface area contributed by atoms with Gasteiger partial charge in [0.1, 0.15) is 17.6 Å². The summed E-state index contributed by atoms with van der Waals surface area (Å²) in [5.74, 6) is 0.949. The Bertz CT molecular complexity index is 191. The number of hydrogen-bond donors (Lipinski definition) is 2. The number of methoxy groups -OCH3 is 1. The second kappa shape index (κ2) is 7.50. The van der Waals surface area contributed by atoms with E-state index in [1.807, 2.05) is 0 Å². The normalized spacial score (nSPS) is 34.5. The number of thioether (sulfide) groups is 1.